The molecule has 1 aromatic heterocycles. The van der Waals surface area contributed by atoms with Gasteiger partial charge < -0.3 is 4.98 Å². The van der Waals surface area contributed by atoms with E-state index in [1.807, 2.05) is 6.92 Å². The molecule has 0 aliphatic rings. The zero-order chi connectivity index (χ0) is 10.8. The summed E-state index contributed by atoms with van der Waals surface area (Å²) in [6.45, 7) is 1.81. The van der Waals surface area contributed by atoms with Crippen LogP contribution >= 0.6 is 0 Å². The van der Waals surface area contributed by atoms with Crippen LogP contribution in [0.25, 0.3) is 11.4 Å². The predicted molar refractivity (Wildman–Crippen MR) is 54.1 cm³/mol. The highest BCUT2D eigenvalue weighted by Crippen LogP contribution is 2.20. The van der Waals surface area contributed by atoms with Crippen molar-refractivity contribution in [3.05, 3.63) is 41.5 Å². The number of benzene rings is 1. The van der Waals surface area contributed by atoms with Crippen LogP contribution in [0.4, 0.5) is 4.39 Å². The van der Waals surface area contributed by atoms with Gasteiger partial charge in [0.2, 0.25) is 0 Å². The molecular weight excluding hydrogens is 195 g/mol. The molecule has 4 heteroatoms. The number of nitrogens with zero attached hydrogens (tertiary/aromatic N) is 1. The van der Waals surface area contributed by atoms with Gasteiger partial charge in [-0.05, 0) is 24.6 Å². The van der Waals surface area contributed by atoms with Gasteiger partial charge in [-0.3, -0.25) is 4.79 Å². The molecule has 0 atom stereocenters. The summed E-state index contributed by atoms with van der Waals surface area (Å²) < 4.78 is 13.5. The average Bonchev–Trinajstić information content (AvgIpc) is 2.66. The number of hydrogen-bond acceptors (Lipinski definition) is 2. The number of aromatic nitrogens is 2. The molecule has 0 saturated carbocycles. The van der Waals surface area contributed by atoms with Gasteiger partial charge in [0.15, 0.2) is 6.29 Å². The quantitative estimate of drug-likeness (QED) is 0.763. The first-order valence-corrected chi connectivity index (χ1v) is 4.47. The molecule has 1 N–H and O–H groups in total. The fourth-order valence-corrected chi connectivity index (χ4v) is 1.34. The fraction of sp³-hybridized carbons (Fsp3) is 0.0909. The minimum absolute atomic E-state index is 0.338. The van der Waals surface area contributed by atoms with E-state index in [0.29, 0.717) is 23.4 Å². The highest BCUT2D eigenvalue weighted by molar-refractivity contribution is 5.73. The molecule has 0 spiro atoms. The van der Waals surface area contributed by atoms with Gasteiger partial charge in [-0.15, -0.1) is 0 Å². The number of aldehydes is 1. The van der Waals surface area contributed by atoms with Crippen LogP contribution in [-0.4, -0.2) is 16.3 Å². The SMILES string of the molecule is Cc1ccc(-c2ncc(C=O)[nH]2)c(F)c1. The minimum Gasteiger partial charge on any atom is -0.336 e. The lowest BCUT2D eigenvalue weighted by atomic mass is 10.1. The number of H-pyrrole nitrogens is 1. The van der Waals surface area contributed by atoms with Crippen LogP contribution in [0, 0.1) is 12.7 Å². The number of rotatable bonds is 2. The number of halogens is 1. The highest BCUT2D eigenvalue weighted by atomic mass is 19.1. The van der Waals surface area contributed by atoms with Crippen molar-refractivity contribution in [1.82, 2.24) is 9.97 Å². The second-order valence-electron chi connectivity index (χ2n) is 3.29. The van der Waals surface area contributed by atoms with Crippen LogP contribution in [0.2, 0.25) is 0 Å². The molecular formula is C11H9FN2O. The number of nitrogens with one attached hydrogen (secondary N) is 1. The molecule has 2 aromatic rings. The second kappa shape index (κ2) is 3.65. The Kier molecular flexibility index (Phi) is 2.33. The maximum Gasteiger partial charge on any atom is 0.167 e. The van der Waals surface area contributed by atoms with Crippen molar-refractivity contribution in [3.63, 3.8) is 0 Å². The molecule has 0 amide bonds. The van der Waals surface area contributed by atoms with Crippen LogP contribution in [0.15, 0.2) is 24.4 Å². The van der Waals surface area contributed by atoms with Crippen molar-refractivity contribution in [1.29, 1.82) is 0 Å². The summed E-state index contributed by atoms with van der Waals surface area (Å²) in [5, 5.41) is 0. The number of aryl methyl sites for hydroxylation is 1. The molecule has 1 aromatic carbocycles. The normalized spacial score (nSPS) is 10.3. The van der Waals surface area contributed by atoms with Crippen molar-refractivity contribution < 1.29 is 9.18 Å². The van der Waals surface area contributed by atoms with Crippen molar-refractivity contribution in [3.8, 4) is 11.4 Å². The van der Waals surface area contributed by atoms with Gasteiger partial charge in [-0.1, -0.05) is 6.07 Å². The molecule has 0 aliphatic heterocycles. The molecule has 2 rings (SSSR count). The van der Waals surface area contributed by atoms with E-state index >= 15 is 0 Å². The standard InChI is InChI=1S/C11H9FN2O/c1-7-2-3-9(10(12)4-7)11-13-5-8(6-15)14-11/h2-6H,1H3,(H,13,14). The lowest BCUT2D eigenvalue weighted by molar-refractivity contribution is 0.111. The fourth-order valence-electron chi connectivity index (χ4n) is 1.34. The molecule has 0 saturated heterocycles. The third-order valence-electron chi connectivity index (χ3n) is 2.10. The molecule has 0 fully saturated rings. The van der Waals surface area contributed by atoms with E-state index in [1.54, 1.807) is 12.1 Å². The monoisotopic (exact) mass is 204 g/mol. The molecule has 0 radical (unpaired) electrons. The highest BCUT2D eigenvalue weighted by Gasteiger charge is 2.08. The third kappa shape index (κ3) is 1.79. The van der Waals surface area contributed by atoms with Crippen molar-refractivity contribution >= 4 is 6.29 Å². The van der Waals surface area contributed by atoms with E-state index in [9.17, 15) is 9.18 Å². The summed E-state index contributed by atoms with van der Waals surface area (Å²) >= 11 is 0. The van der Waals surface area contributed by atoms with E-state index in [4.69, 9.17) is 0 Å². The summed E-state index contributed by atoms with van der Waals surface area (Å²) in [6, 6.07) is 4.86. The molecule has 76 valence electrons. The minimum atomic E-state index is -0.346. The van der Waals surface area contributed by atoms with Crippen molar-refractivity contribution in [2.45, 2.75) is 6.92 Å². The van der Waals surface area contributed by atoms with Gasteiger partial charge in [0.05, 0.1) is 17.5 Å². The zero-order valence-corrected chi connectivity index (χ0v) is 8.12. The largest absolute Gasteiger partial charge is 0.336 e. The van der Waals surface area contributed by atoms with Crippen LogP contribution in [0.1, 0.15) is 16.1 Å². The maximum atomic E-state index is 13.5. The number of imidazole rings is 1. The van der Waals surface area contributed by atoms with E-state index in [1.165, 1.54) is 12.3 Å². The lowest BCUT2D eigenvalue weighted by Gasteiger charge is -2.00. The molecule has 0 unspecified atom stereocenters. The third-order valence-corrected chi connectivity index (χ3v) is 2.10. The molecule has 1 heterocycles. The first-order chi connectivity index (χ1) is 7.20. The van der Waals surface area contributed by atoms with Crippen molar-refractivity contribution in [2.75, 3.05) is 0 Å². The van der Waals surface area contributed by atoms with Gasteiger partial charge in [0, 0.05) is 0 Å². The van der Waals surface area contributed by atoms with Gasteiger partial charge in [-0.25, -0.2) is 9.37 Å². The molecule has 0 bridgehead atoms. The Labute approximate surface area is 86.0 Å². The van der Waals surface area contributed by atoms with Crippen LogP contribution in [0.5, 0.6) is 0 Å². The second-order valence-corrected chi connectivity index (χ2v) is 3.29. The number of hydrogen-bond donors (Lipinski definition) is 1. The van der Waals surface area contributed by atoms with Gasteiger partial charge in [-0.2, -0.15) is 0 Å². The Morgan fingerprint density at radius 2 is 2.27 bits per heavy atom. The van der Waals surface area contributed by atoms with Gasteiger partial charge >= 0.3 is 0 Å². The predicted octanol–water partition coefficient (Wildman–Crippen LogP) is 2.34. The maximum absolute atomic E-state index is 13.5. The van der Waals surface area contributed by atoms with Gasteiger partial charge in [0.25, 0.3) is 0 Å². The van der Waals surface area contributed by atoms with Crippen LogP contribution < -0.4 is 0 Å². The van der Waals surface area contributed by atoms with E-state index in [2.05, 4.69) is 9.97 Å². The topological polar surface area (TPSA) is 45.8 Å². The Balaban J connectivity index is 2.49. The van der Waals surface area contributed by atoms with E-state index in [-0.39, 0.29) is 5.82 Å². The first kappa shape index (κ1) is 9.58. The van der Waals surface area contributed by atoms with Crippen LogP contribution in [0.3, 0.4) is 0 Å². The molecule has 0 aliphatic carbocycles. The summed E-state index contributed by atoms with van der Waals surface area (Å²) in [7, 11) is 0. The summed E-state index contributed by atoms with van der Waals surface area (Å²) in [5.74, 6) is 0.0244. The van der Waals surface area contributed by atoms with Gasteiger partial charge in [0.1, 0.15) is 11.6 Å². The van der Waals surface area contributed by atoms with Crippen LogP contribution in [-0.2, 0) is 0 Å². The Bertz CT molecular complexity index is 505. The Morgan fingerprint density at radius 3 is 2.87 bits per heavy atom. The first-order valence-electron chi connectivity index (χ1n) is 4.47. The van der Waals surface area contributed by atoms with E-state index in [0.717, 1.165) is 5.56 Å². The smallest absolute Gasteiger partial charge is 0.167 e. The van der Waals surface area contributed by atoms with Crippen molar-refractivity contribution in [2.24, 2.45) is 0 Å². The summed E-state index contributed by atoms with van der Waals surface area (Å²) in [6.07, 6.45) is 2.02. The zero-order valence-electron chi connectivity index (χ0n) is 8.12. The number of carbonyl (C=O) groups excluding carboxylic acids is 1. The van der Waals surface area contributed by atoms with E-state index < -0.39 is 0 Å². The summed E-state index contributed by atoms with van der Waals surface area (Å²) in [4.78, 5) is 17.1. The number of carbonyl (C=O) groups is 1. The Hall–Kier alpha value is -1.97. The summed E-state index contributed by atoms with van der Waals surface area (Å²) in [5.41, 5.74) is 1.55. The Morgan fingerprint density at radius 1 is 1.47 bits per heavy atom. The molecule has 15 heavy (non-hydrogen) atoms. The molecule has 3 nitrogen and oxygen atoms in total. The number of aromatic amines is 1. The lowest BCUT2D eigenvalue weighted by Crippen LogP contribution is -1.88. The average molecular weight is 204 g/mol.